The molecule has 27 heavy (non-hydrogen) atoms. The van der Waals surface area contributed by atoms with E-state index in [-0.39, 0.29) is 12.4 Å². The van der Waals surface area contributed by atoms with Gasteiger partial charge >= 0.3 is 0 Å². The fraction of sp³-hybridized carbons (Fsp3) is 0.227. The normalized spacial score (nSPS) is 13.3. The number of hydrogen-bond acceptors (Lipinski definition) is 4. The molecule has 5 nitrogen and oxygen atoms in total. The van der Waals surface area contributed by atoms with Crippen LogP contribution >= 0.6 is 0 Å². The zero-order valence-corrected chi connectivity index (χ0v) is 15.4. The summed E-state index contributed by atoms with van der Waals surface area (Å²) in [6.07, 6.45) is 0. The minimum Gasteiger partial charge on any atom is -0.454 e. The van der Waals surface area contributed by atoms with Crippen molar-refractivity contribution >= 4 is 32.4 Å². The minimum absolute atomic E-state index is 0.00834. The number of nitrogens with zero attached hydrogens (tertiary/aromatic N) is 2. The van der Waals surface area contributed by atoms with Gasteiger partial charge in [0, 0.05) is 29.2 Å². The highest BCUT2D eigenvalue weighted by Gasteiger charge is 2.19. The Balaban J connectivity index is 1.95. The van der Waals surface area contributed by atoms with Crippen molar-refractivity contribution in [2.75, 3.05) is 27.4 Å². The number of likely N-dealkylation sites (N-methyl/N-ethyl adjacent to an activating group) is 1. The van der Waals surface area contributed by atoms with E-state index in [4.69, 9.17) is 9.47 Å². The molecule has 2 heterocycles. The van der Waals surface area contributed by atoms with Crippen LogP contribution in [0.4, 0.5) is 0 Å². The van der Waals surface area contributed by atoms with E-state index < -0.39 is 0 Å². The number of pyridine rings is 1. The Morgan fingerprint density at radius 3 is 2.44 bits per heavy atom. The van der Waals surface area contributed by atoms with Crippen molar-refractivity contribution in [3.8, 4) is 11.5 Å². The van der Waals surface area contributed by atoms with Crippen LogP contribution < -0.4 is 15.0 Å². The van der Waals surface area contributed by atoms with E-state index in [9.17, 15) is 4.79 Å². The highest BCUT2D eigenvalue weighted by Crippen LogP contribution is 2.38. The first-order chi connectivity index (χ1) is 13.1. The van der Waals surface area contributed by atoms with Crippen molar-refractivity contribution in [3.05, 3.63) is 58.9 Å². The number of aromatic nitrogens is 1. The smallest absolute Gasteiger partial charge is 0.259 e. The number of benzene rings is 3. The van der Waals surface area contributed by atoms with Crippen molar-refractivity contribution in [2.45, 2.75) is 6.54 Å². The zero-order valence-electron chi connectivity index (χ0n) is 15.4. The summed E-state index contributed by atoms with van der Waals surface area (Å²) in [7, 11) is 4.04. The van der Waals surface area contributed by atoms with Gasteiger partial charge in [0.2, 0.25) is 6.79 Å². The molecule has 0 unspecified atom stereocenters. The summed E-state index contributed by atoms with van der Waals surface area (Å²) in [5.41, 5.74) is 0.986. The van der Waals surface area contributed by atoms with Crippen molar-refractivity contribution in [2.24, 2.45) is 0 Å². The molecular formula is C22H20N2O3. The molecule has 0 radical (unpaired) electrons. The number of fused-ring (bicyclic) bond motifs is 6. The topological polar surface area (TPSA) is 43.7 Å². The second-order valence-corrected chi connectivity index (χ2v) is 7.19. The molecule has 0 saturated carbocycles. The third kappa shape index (κ3) is 2.46. The maximum absolute atomic E-state index is 13.4. The molecule has 136 valence electrons. The predicted octanol–water partition coefficient (Wildman–Crippen LogP) is 3.60. The molecule has 5 rings (SSSR count). The van der Waals surface area contributed by atoms with Crippen LogP contribution in [0.3, 0.4) is 0 Å². The van der Waals surface area contributed by atoms with Crippen molar-refractivity contribution in [1.82, 2.24) is 9.47 Å². The molecule has 0 fully saturated rings. The number of hydrogen-bond donors (Lipinski definition) is 0. The molecule has 0 amide bonds. The largest absolute Gasteiger partial charge is 0.454 e. The second-order valence-electron chi connectivity index (χ2n) is 7.19. The summed E-state index contributed by atoms with van der Waals surface area (Å²) < 4.78 is 13.0. The summed E-state index contributed by atoms with van der Waals surface area (Å²) >= 11 is 0. The maximum Gasteiger partial charge on any atom is 0.259 e. The predicted molar refractivity (Wildman–Crippen MR) is 108 cm³/mol. The first kappa shape index (κ1) is 16.1. The Labute approximate surface area is 156 Å². The third-order valence-corrected chi connectivity index (χ3v) is 5.22. The molecule has 1 aromatic heterocycles. The molecule has 1 aliphatic rings. The Kier molecular flexibility index (Phi) is 3.58. The molecule has 1 aliphatic heterocycles. The van der Waals surface area contributed by atoms with E-state index in [1.54, 1.807) is 0 Å². The molecule has 4 aromatic rings. The van der Waals surface area contributed by atoms with Gasteiger partial charge < -0.3 is 18.9 Å². The van der Waals surface area contributed by atoms with Gasteiger partial charge in [-0.3, -0.25) is 4.79 Å². The summed E-state index contributed by atoms with van der Waals surface area (Å²) in [5.74, 6) is 1.33. The highest BCUT2D eigenvalue weighted by atomic mass is 16.7. The lowest BCUT2D eigenvalue weighted by atomic mass is 10.0. The van der Waals surface area contributed by atoms with Gasteiger partial charge in [0.15, 0.2) is 11.5 Å². The van der Waals surface area contributed by atoms with Gasteiger partial charge in [-0.05, 0) is 31.6 Å². The Bertz CT molecular complexity index is 1260. The third-order valence-electron chi connectivity index (χ3n) is 5.22. The molecule has 0 saturated heterocycles. The van der Waals surface area contributed by atoms with Gasteiger partial charge in [0.25, 0.3) is 5.56 Å². The van der Waals surface area contributed by atoms with E-state index in [0.717, 1.165) is 33.6 Å². The summed E-state index contributed by atoms with van der Waals surface area (Å²) in [6.45, 7) is 1.61. The van der Waals surface area contributed by atoms with Crippen LogP contribution in [0, 0.1) is 0 Å². The van der Waals surface area contributed by atoms with E-state index in [2.05, 4.69) is 29.2 Å². The summed E-state index contributed by atoms with van der Waals surface area (Å²) in [6, 6.07) is 16.2. The van der Waals surface area contributed by atoms with Crippen LogP contribution in [0.2, 0.25) is 0 Å². The van der Waals surface area contributed by atoms with Gasteiger partial charge in [-0.1, -0.05) is 36.4 Å². The average Bonchev–Trinajstić information content (AvgIpc) is 3.13. The molecule has 3 aromatic carbocycles. The van der Waals surface area contributed by atoms with Crippen LogP contribution in [0.15, 0.2) is 53.3 Å². The van der Waals surface area contributed by atoms with E-state index in [1.165, 1.54) is 0 Å². The van der Waals surface area contributed by atoms with Gasteiger partial charge in [-0.15, -0.1) is 0 Å². The fourth-order valence-corrected chi connectivity index (χ4v) is 3.87. The first-order valence-electron chi connectivity index (χ1n) is 9.06. The molecule has 0 bridgehead atoms. The Morgan fingerprint density at radius 2 is 1.67 bits per heavy atom. The Hall–Kier alpha value is -3.05. The van der Waals surface area contributed by atoms with E-state index >= 15 is 0 Å². The number of rotatable bonds is 3. The van der Waals surface area contributed by atoms with Crippen LogP contribution in [-0.2, 0) is 6.54 Å². The standard InChI is InChI=1S/C22H20N2O3/c1-23(2)9-10-24-21-15-6-4-3-5-14(15)7-8-16(21)17-11-19-20(27-13-26-19)12-18(17)22(24)25/h3-8,11-12H,9-10,13H2,1-2H3. The summed E-state index contributed by atoms with van der Waals surface area (Å²) in [5, 5.41) is 4.85. The molecule has 0 atom stereocenters. The van der Waals surface area contributed by atoms with Gasteiger partial charge in [0.1, 0.15) is 0 Å². The average molecular weight is 360 g/mol. The van der Waals surface area contributed by atoms with Gasteiger partial charge in [-0.25, -0.2) is 0 Å². The lowest BCUT2D eigenvalue weighted by Crippen LogP contribution is -2.27. The molecule has 0 aliphatic carbocycles. The van der Waals surface area contributed by atoms with E-state index in [0.29, 0.717) is 23.4 Å². The van der Waals surface area contributed by atoms with Crippen molar-refractivity contribution < 1.29 is 9.47 Å². The Morgan fingerprint density at radius 1 is 0.926 bits per heavy atom. The highest BCUT2D eigenvalue weighted by molar-refractivity contribution is 6.15. The van der Waals surface area contributed by atoms with Crippen LogP contribution in [-0.4, -0.2) is 36.9 Å². The van der Waals surface area contributed by atoms with E-state index in [1.807, 2.05) is 42.9 Å². The maximum atomic E-state index is 13.4. The first-order valence-corrected chi connectivity index (χ1v) is 9.06. The van der Waals surface area contributed by atoms with Gasteiger partial charge in [0.05, 0.1) is 10.9 Å². The van der Waals surface area contributed by atoms with Gasteiger partial charge in [-0.2, -0.15) is 0 Å². The van der Waals surface area contributed by atoms with Crippen LogP contribution in [0.5, 0.6) is 11.5 Å². The molecular weight excluding hydrogens is 340 g/mol. The number of ether oxygens (including phenoxy) is 2. The molecule has 5 heteroatoms. The summed E-state index contributed by atoms with van der Waals surface area (Å²) in [4.78, 5) is 15.5. The molecule has 0 spiro atoms. The zero-order chi connectivity index (χ0) is 18.5. The lowest BCUT2D eigenvalue weighted by molar-refractivity contribution is 0.174. The monoisotopic (exact) mass is 360 g/mol. The van der Waals surface area contributed by atoms with Crippen molar-refractivity contribution in [1.29, 1.82) is 0 Å². The fourth-order valence-electron chi connectivity index (χ4n) is 3.87. The second kappa shape index (κ2) is 5.99. The van der Waals surface area contributed by atoms with Crippen LogP contribution in [0.1, 0.15) is 0 Å². The SMILES string of the molecule is CN(C)CCn1c(=O)c2cc3c(cc2c2ccc4ccccc4c21)OCO3. The van der Waals surface area contributed by atoms with Crippen molar-refractivity contribution in [3.63, 3.8) is 0 Å². The lowest BCUT2D eigenvalue weighted by Gasteiger charge is -2.17. The quantitative estimate of drug-likeness (QED) is 0.524. The minimum atomic E-state index is 0.00834. The molecule has 0 N–H and O–H groups in total. The van der Waals surface area contributed by atoms with Crippen LogP contribution in [0.25, 0.3) is 32.4 Å².